The van der Waals surface area contributed by atoms with Crippen LogP contribution in [0.5, 0.6) is 5.75 Å². The van der Waals surface area contributed by atoms with E-state index in [1.807, 2.05) is 6.07 Å². The first kappa shape index (κ1) is 20.2. The van der Waals surface area contributed by atoms with Crippen LogP contribution in [-0.4, -0.2) is 50.9 Å². The molecule has 1 fully saturated rings. The van der Waals surface area contributed by atoms with E-state index in [2.05, 4.69) is 35.3 Å². The van der Waals surface area contributed by atoms with E-state index in [0.29, 0.717) is 0 Å². The third-order valence-electron chi connectivity index (χ3n) is 3.98. The standard InChI is InChI=1S/C18H30N2O2.ClH/c1-2-3-13-22-18-8-5-4-7-17(18)16-19-9-6-10-20-11-14-21-15-12-20;/h4-5,7-8,19H,2-3,6,9-16H2,1H3;1H. The Morgan fingerprint density at radius 1 is 1.17 bits per heavy atom. The molecular weight excluding hydrogens is 312 g/mol. The molecule has 1 aromatic carbocycles. The summed E-state index contributed by atoms with van der Waals surface area (Å²) in [4.78, 5) is 2.48. The number of unbranched alkanes of at least 4 members (excludes halogenated alkanes) is 1. The molecule has 0 aromatic heterocycles. The highest BCUT2D eigenvalue weighted by Crippen LogP contribution is 2.18. The fourth-order valence-electron chi connectivity index (χ4n) is 2.59. The summed E-state index contributed by atoms with van der Waals surface area (Å²) in [7, 11) is 0. The zero-order chi connectivity index (χ0) is 15.5. The molecule has 0 bridgehead atoms. The Morgan fingerprint density at radius 2 is 1.96 bits per heavy atom. The third kappa shape index (κ3) is 8.02. The second-order valence-corrected chi connectivity index (χ2v) is 5.79. The lowest BCUT2D eigenvalue weighted by atomic mass is 10.2. The molecule has 1 aromatic rings. The number of hydrogen-bond acceptors (Lipinski definition) is 4. The van der Waals surface area contributed by atoms with Crippen LogP contribution in [0.3, 0.4) is 0 Å². The zero-order valence-corrected chi connectivity index (χ0v) is 15.1. The van der Waals surface area contributed by atoms with Crippen LogP contribution in [0.2, 0.25) is 0 Å². The van der Waals surface area contributed by atoms with Gasteiger partial charge in [-0.25, -0.2) is 0 Å². The van der Waals surface area contributed by atoms with Crippen LogP contribution in [0.1, 0.15) is 31.7 Å². The van der Waals surface area contributed by atoms with E-state index in [9.17, 15) is 0 Å². The highest BCUT2D eigenvalue weighted by atomic mass is 35.5. The largest absolute Gasteiger partial charge is 0.493 e. The van der Waals surface area contributed by atoms with E-state index in [1.165, 1.54) is 18.4 Å². The van der Waals surface area contributed by atoms with Crippen molar-refractivity contribution in [1.82, 2.24) is 10.2 Å². The molecule has 132 valence electrons. The molecule has 0 spiro atoms. The first-order valence-electron chi connectivity index (χ1n) is 8.61. The van der Waals surface area contributed by atoms with Gasteiger partial charge in [-0.15, -0.1) is 12.4 Å². The van der Waals surface area contributed by atoms with Gasteiger partial charge in [-0.3, -0.25) is 4.90 Å². The monoisotopic (exact) mass is 342 g/mol. The van der Waals surface area contributed by atoms with Gasteiger partial charge in [0.05, 0.1) is 19.8 Å². The smallest absolute Gasteiger partial charge is 0.123 e. The topological polar surface area (TPSA) is 33.7 Å². The lowest BCUT2D eigenvalue weighted by molar-refractivity contribution is 0.0374. The molecule has 0 unspecified atom stereocenters. The van der Waals surface area contributed by atoms with Crippen molar-refractivity contribution in [3.8, 4) is 5.75 Å². The van der Waals surface area contributed by atoms with Crippen molar-refractivity contribution in [2.24, 2.45) is 0 Å². The van der Waals surface area contributed by atoms with E-state index in [1.54, 1.807) is 0 Å². The number of nitrogens with one attached hydrogen (secondary N) is 1. The van der Waals surface area contributed by atoms with Crippen LogP contribution in [0.15, 0.2) is 24.3 Å². The maximum absolute atomic E-state index is 5.87. The lowest BCUT2D eigenvalue weighted by Gasteiger charge is -2.26. The summed E-state index contributed by atoms with van der Waals surface area (Å²) in [6.45, 7) is 10.0. The maximum Gasteiger partial charge on any atom is 0.123 e. The Labute approximate surface area is 146 Å². The van der Waals surface area contributed by atoms with Crippen molar-refractivity contribution in [3.05, 3.63) is 29.8 Å². The van der Waals surface area contributed by atoms with E-state index < -0.39 is 0 Å². The second kappa shape index (κ2) is 12.6. The van der Waals surface area contributed by atoms with Gasteiger partial charge in [0.15, 0.2) is 0 Å². The third-order valence-corrected chi connectivity index (χ3v) is 3.98. The molecule has 1 saturated heterocycles. The van der Waals surface area contributed by atoms with Crippen molar-refractivity contribution >= 4 is 12.4 Å². The number of para-hydroxylation sites is 1. The molecule has 2 rings (SSSR count). The van der Waals surface area contributed by atoms with Crippen molar-refractivity contribution in [2.45, 2.75) is 32.7 Å². The van der Waals surface area contributed by atoms with Crippen molar-refractivity contribution in [2.75, 3.05) is 46.0 Å². The van der Waals surface area contributed by atoms with Crippen LogP contribution in [0.25, 0.3) is 0 Å². The zero-order valence-electron chi connectivity index (χ0n) is 14.3. The minimum atomic E-state index is 0. The molecule has 0 radical (unpaired) electrons. The summed E-state index contributed by atoms with van der Waals surface area (Å²) >= 11 is 0. The summed E-state index contributed by atoms with van der Waals surface area (Å²) in [5, 5.41) is 3.53. The molecule has 0 atom stereocenters. The molecule has 5 heteroatoms. The number of hydrogen-bond donors (Lipinski definition) is 1. The first-order valence-corrected chi connectivity index (χ1v) is 8.61. The summed E-state index contributed by atoms with van der Waals surface area (Å²) in [6, 6.07) is 8.34. The molecule has 0 amide bonds. The highest BCUT2D eigenvalue weighted by molar-refractivity contribution is 5.85. The van der Waals surface area contributed by atoms with E-state index in [0.717, 1.165) is 64.7 Å². The minimum absolute atomic E-state index is 0. The fourth-order valence-corrected chi connectivity index (χ4v) is 2.59. The molecule has 1 aliphatic heterocycles. The normalized spacial score (nSPS) is 15.2. The van der Waals surface area contributed by atoms with Crippen molar-refractivity contribution < 1.29 is 9.47 Å². The Morgan fingerprint density at radius 3 is 2.74 bits per heavy atom. The van der Waals surface area contributed by atoms with Gasteiger partial charge in [0.25, 0.3) is 0 Å². The highest BCUT2D eigenvalue weighted by Gasteiger charge is 2.09. The molecule has 1 N–H and O–H groups in total. The molecule has 1 heterocycles. The summed E-state index contributed by atoms with van der Waals surface area (Å²) in [6.07, 6.45) is 3.46. The SMILES string of the molecule is CCCCOc1ccccc1CNCCCN1CCOCC1.Cl. The van der Waals surface area contributed by atoms with Crippen LogP contribution in [0, 0.1) is 0 Å². The molecule has 0 aliphatic carbocycles. The van der Waals surface area contributed by atoms with Crippen LogP contribution in [0.4, 0.5) is 0 Å². The van der Waals surface area contributed by atoms with E-state index >= 15 is 0 Å². The molecular formula is C18H31ClN2O2. The first-order chi connectivity index (χ1) is 10.9. The second-order valence-electron chi connectivity index (χ2n) is 5.79. The molecule has 1 aliphatic rings. The van der Waals surface area contributed by atoms with Crippen molar-refractivity contribution in [1.29, 1.82) is 0 Å². The summed E-state index contributed by atoms with van der Waals surface area (Å²) in [5.41, 5.74) is 1.25. The number of morpholine rings is 1. The van der Waals surface area contributed by atoms with Gasteiger partial charge >= 0.3 is 0 Å². The fraction of sp³-hybridized carbons (Fsp3) is 0.667. The quantitative estimate of drug-likeness (QED) is 0.662. The van der Waals surface area contributed by atoms with Gasteiger partial charge in [-0.1, -0.05) is 31.5 Å². The average Bonchev–Trinajstić information content (AvgIpc) is 2.57. The van der Waals surface area contributed by atoms with Gasteiger partial charge in [0, 0.05) is 25.2 Å². The van der Waals surface area contributed by atoms with Gasteiger partial charge in [-0.05, 0) is 32.0 Å². The van der Waals surface area contributed by atoms with Crippen LogP contribution < -0.4 is 10.1 Å². The van der Waals surface area contributed by atoms with Gasteiger partial charge in [0.1, 0.15) is 5.75 Å². The van der Waals surface area contributed by atoms with E-state index in [4.69, 9.17) is 9.47 Å². The van der Waals surface area contributed by atoms with Crippen LogP contribution in [-0.2, 0) is 11.3 Å². The number of nitrogens with zero attached hydrogens (tertiary/aromatic N) is 1. The Bertz CT molecular complexity index is 412. The van der Waals surface area contributed by atoms with Crippen molar-refractivity contribution in [3.63, 3.8) is 0 Å². The van der Waals surface area contributed by atoms with Crippen LogP contribution >= 0.6 is 12.4 Å². The van der Waals surface area contributed by atoms with Gasteiger partial charge < -0.3 is 14.8 Å². The number of halogens is 1. The Kier molecular flexibility index (Phi) is 11.1. The lowest BCUT2D eigenvalue weighted by Crippen LogP contribution is -2.37. The Balaban J connectivity index is 0.00000264. The predicted molar refractivity (Wildman–Crippen MR) is 97.7 cm³/mol. The Hall–Kier alpha value is -0.810. The summed E-state index contributed by atoms with van der Waals surface area (Å²) < 4.78 is 11.2. The molecule has 0 saturated carbocycles. The number of rotatable bonds is 10. The number of ether oxygens (including phenoxy) is 2. The van der Waals surface area contributed by atoms with E-state index in [-0.39, 0.29) is 12.4 Å². The predicted octanol–water partition coefficient (Wildman–Crippen LogP) is 3.10. The number of benzene rings is 1. The maximum atomic E-state index is 5.87. The minimum Gasteiger partial charge on any atom is -0.493 e. The summed E-state index contributed by atoms with van der Waals surface area (Å²) in [5.74, 6) is 1.02. The van der Waals surface area contributed by atoms with Gasteiger partial charge in [0.2, 0.25) is 0 Å². The van der Waals surface area contributed by atoms with Gasteiger partial charge in [-0.2, -0.15) is 0 Å². The average molecular weight is 343 g/mol. The molecule has 23 heavy (non-hydrogen) atoms. The molecule has 4 nitrogen and oxygen atoms in total.